The van der Waals surface area contributed by atoms with E-state index in [9.17, 15) is 4.79 Å². The molecule has 2 unspecified atom stereocenters. The lowest BCUT2D eigenvalue weighted by Gasteiger charge is -2.23. The minimum absolute atomic E-state index is 0.100. The monoisotopic (exact) mass is 227 g/mol. The van der Waals surface area contributed by atoms with E-state index in [0.29, 0.717) is 19.3 Å². The molecular weight excluding hydrogens is 206 g/mol. The highest BCUT2D eigenvalue weighted by Gasteiger charge is 2.36. The summed E-state index contributed by atoms with van der Waals surface area (Å²) in [6.45, 7) is 4.22. The van der Waals surface area contributed by atoms with Gasteiger partial charge in [-0.05, 0) is 39.2 Å². The van der Waals surface area contributed by atoms with Crippen LogP contribution in [0.4, 0.5) is 0 Å². The number of nitrogens with zero attached hydrogens (tertiary/aromatic N) is 1. The summed E-state index contributed by atoms with van der Waals surface area (Å²) in [6, 6.07) is 1.32. The van der Waals surface area contributed by atoms with Crippen LogP contribution in [0.5, 0.6) is 0 Å². The van der Waals surface area contributed by atoms with Gasteiger partial charge >= 0.3 is 5.97 Å². The molecule has 92 valence electrons. The van der Waals surface area contributed by atoms with Crippen molar-refractivity contribution >= 4 is 5.97 Å². The number of esters is 1. The van der Waals surface area contributed by atoms with Gasteiger partial charge in [-0.15, -0.1) is 0 Å². The van der Waals surface area contributed by atoms with Crippen molar-refractivity contribution in [3.8, 4) is 0 Å². The fourth-order valence-corrected chi connectivity index (χ4v) is 2.86. The molecular formula is C12H21NO3. The number of rotatable bonds is 5. The average molecular weight is 227 g/mol. The van der Waals surface area contributed by atoms with Crippen molar-refractivity contribution in [2.75, 3.05) is 26.4 Å². The first-order chi connectivity index (χ1) is 7.81. The van der Waals surface area contributed by atoms with Crippen molar-refractivity contribution in [1.82, 2.24) is 4.90 Å². The highest BCUT2D eigenvalue weighted by molar-refractivity contribution is 5.70. The van der Waals surface area contributed by atoms with Gasteiger partial charge in [0.05, 0.1) is 13.2 Å². The van der Waals surface area contributed by atoms with E-state index in [-0.39, 0.29) is 12.6 Å². The van der Waals surface area contributed by atoms with Crippen LogP contribution in [0.15, 0.2) is 0 Å². The van der Waals surface area contributed by atoms with Crippen LogP contribution in [0, 0.1) is 0 Å². The number of carbonyl (C=O) groups is 1. The molecule has 2 aliphatic heterocycles. The fourth-order valence-electron chi connectivity index (χ4n) is 2.86. The second-order valence-corrected chi connectivity index (χ2v) is 4.59. The van der Waals surface area contributed by atoms with Gasteiger partial charge in [0.15, 0.2) is 0 Å². The zero-order chi connectivity index (χ0) is 11.4. The molecule has 0 aliphatic carbocycles. The van der Waals surface area contributed by atoms with Crippen LogP contribution < -0.4 is 0 Å². The fraction of sp³-hybridized carbons (Fsp3) is 0.917. The molecule has 4 heteroatoms. The third-order valence-corrected chi connectivity index (χ3v) is 3.56. The van der Waals surface area contributed by atoms with Crippen molar-refractivity contribution in [1.29, 1.82) is 0 Å². The van der Waals surface area contributed by atoms with Crippen LogP contribution in [0.3, 0.4) is 0 Å². The maximum atomic E-state index is 11.1. The van der Waals surface area contributed by atoms with E-state index in [4.69, 9.17) is 9.47 Å². The summed E-state index contributed by atoms with van der Waals surface area (Å²) in [5.74, 6) is -0.251. The quantitative estimate of drug-likeness (QED) is 0.661. The summed E-state index contributed by atoms with van der Waals surface area (Å²) in [5, 5.41) is 0. The zero-order valence-electron chi connectivity index (χ0n) is 9.98. The maximum absolute atomic E-state index is 11.1. The molecule has 2 saturated heterocycles. The molecule has 4 nitrogen and oxygen atoms in total. The smallest absolute Gasteiger partial charge is 0.332 e. The van der Waals surface area contributed by atoms with Crippen molar-refractivity contribution in [2.24, 2.45) is 0 Å². The first kappa shape index (κ1) is 11.9. The van der Waals surface area contributed by atoms with Gasteiger partial charge in [0.25, 0.3) is 0 Å². The second kappa shape index (κ2) is 5.64. The lowest BCUT2D eigenvalue weighted by atomic mass is 10.1. The Morgan fingerprint density at radius 3 is 3.06 bits per heavy atom. The zero-order valence-corrected chi connectivity index (χ0v) is 9.98. The highest BCUT2D eigenvalue weighted by Crippen LogP contribution is 2.32. The molecule has 2 fully saturated rings. The van der Waals surface area contributed by atoms with Crippen molar-refractivity contribution in [2.45, 2.75) is 44.7 Å². The third-order valence-electron chi connectivity index (χ3n) is 3.56. The van der Waals surface area contributed by atoms with Crippen molar-refractivity contribution < 1.29 is 14.3 Å². The summed E-state index contributed by atoms with van der Waals surface area (Å²) >= 11 is 0. The van der Waals surface area contributed by atoms with Crippen LogP contribution in [-0.4, -0.2) is 49.3 Å². The minimum atomic E-state index is -0.251. The van der Waals surface area contributed by atoms with Gasteiger partial charge in [-0.2, -0.15) is 0 Å². The van der Waals surface area contributed by atoms with E-state index in [1.54, 1.807) is 0 Å². The largest absolute Gasteiger partial charge is 0.464 e. The summed E-state index contributed by atoms with van der Waals surface area (Å²) in [5.41, 5.74) is 0. The predicted octanol–water partition coefficient (Wildman–Crippen LogP) is 1.19. The van der Waals surface area contributed by atoms with Crippen LogP contribution in [-0.2, 0) is 14.3 Å². The Morgan fingerprint density at radius 1 is 1.38 bits per heavy atom. The molecule has 0 amide bonds. The van der Waals surface area contributed by atoms with Crippen LogP contribution in [0.25, 0.3) is 0 Å². The predicted molar refractivity (Wildman–Crippen MR) is 60.2 cm³/mol. The Balaban J connectivity index is 1.65. The Kier molecular flexibility index (Phi) is 4.18. The molecule has 0 saturated carbocycles. The van der Waals surface area contributed by atoms with Gasteiger partial charge in [0.2, 0.25) is 0 Å². The molecule has 2 heterocycles. The van der Waals surface area contributed by atoms with Gasteiger partial charge in [0, 0.05) is 12.1 Å². The summed E-state index contributed by atoms with van der Waals surface area (Å²) < 4.78 is 10.2. The molecule has 0 bridgehead atoms. The first-order valence-corrected chi connectivity index (χ1v) is 6.30. The Hall–Kier alpha value is -0.610. The van der Waals surface area contributed by atoms with Crippen molar-refractivity contribution in [3.05, 3.63) is 0 Å². The molecule has 0 N–H and O–H groups in total. The van der Waals surface area contributed by atoms with Gasteiger partial charge in [-0.25, -0.2) is 4.79 Å². The lowest BCUT2D eigenvalue weighted by molar-refractivity contribution is -0.148. The standard InChI is InChI=1S/C12H21NO3/c1-2-16-12(14)9-15-8-11-6-5-10-4-3-7-13(10)11/h10-11H,2-9H2,1H3. The third kappa shape index (κ3) is 2.74. The molecule has 0 aromatic carbocycles. The van der Waals surface area contributed by atoms with Gasteiger partial charge in [-0.1, -0.05) is 0 Å². The molecule has 2 aliphatic rings. The maximum Gasteiger partial charge on any atom is 0.332 e. The topological polar surface area (TPSA) is 38.8 Å². The number of carbonyl (C=O) groups excluding carboxylic acids is 1. The van der Waals surface area contributed by atoms with E-state index in [2.05, 4.69) is 4.90 Å². The second-order valence-electron chi connectivity index (χ2n) is 4.59. The van der Waals surface area contributed by atoms with Gasteiger partial charge in [-0.3, -0.25) is 4.90 Å². The molecule has 0 aromatic rings. The number of fused-ring (bicyclic) bond motifs is 1. The van der Waals surface area contributed by atoms with E-state index in [0.717, 1.165) is 6.04 Å². The Morgan fingerprint density at radius 2 is 2.25 bits per heavy atom. The van der Waals surface area contributed by atoms with E-state index >= 15 is 0 Å². The van der Waals surface area contributed by atoms with Crippen molar-refractivity contribution in [3.63, 3.8) is 0 Å². The highest BCUT2D eigenvalue weighted by atomic mass is 16.6. The molecule has 16 heavy (non-hydrogen) atoms. The lowest BCUT2D eigenvalue weighted by Crippen LogP contribution is -2.35. The minimum Gasteiger partial charge on any atom is -0.464 e. The molecule has 0 spiro atoms. The Labute approximate surface area is 96.9 Å². The number of hydrogen-bond acceptors (Lipinski definition) is 4. The molecule has 2 rings (SSSR count). The Bertz CT molecular complexity index is 244. The average Bonchev–Trinajstić information content (AvgIpc) is 2.82. The number of ether oxygens (including phenoxy) is 2. The van der Waals surface area contributed by atoms with E-state index < -0.39 is 0 Å². The summed E-state index contributed by atoms with van der Waals surface area (Å²) in [7, 11) is 0. The summed E-state index contributed by atoms with van der Waals surface area (Å²) in [4.78, 5) is 13.6. The molecule has 0 aromatic heterocycles. The molecule has 0 radical (unpaired) electrons. The van der Waals surface area contributed by atoms with E-state index in [1.807, 2.05) is 6.92 Å². The van der Waals surface area contributed by atoms with Crippen LogP contribution in [0.1, 0.15) is 32.6 Å². The van der Waals surface area contributed by atoms with Gasteiger partial charge in [0.1, 0.15) is 6.61 Å². The first-order valence-electron chi connectivity index (χ1n) is 6.30. The van der Waals surface area contributed by atoms with Crippen LogP contribution in [0.2, 0.25) is 0 Å². The van der Waals surface area contributed by atoms with Gasteiger partial charge < -0.3 is 9.47 Å². The number of hydrogen-bond donors (Lipinski definition) is 0. The van der Waals surface area contributed by atoms with Crippen LogP contribution >= 0.6 is 0 Å². The molecule has 2 atom stereocenters. The van der Waals surface area contributed by atoms with E-state index in [1.165, 1.54) is 32.2 Å². The SMILES string of the molecule is CCOC(=O)COCC1CCC2CCCN21. The summed E-state index contributed by atoms with van der Waals surface area (Å²) in [6.07, 6.45) is 5.17. The normalized spacial score (nSPS) is 29.3.